The van der Waals surface area contributed by atoms with Crippen LogP contribution in [0.4, 0.5) is 5.69 Å². The number of nitrogens with one attached hydrogen (secondary N) is 1. The number of hydrogen-bond acceptors (Lipinski definition) is 3. The molecule has 0 bridgehead atoms. The van der Waals surface area contributed by atoms with Gasteiger partial charge >= 0.3 is 0 Å². The van der Waals surface area contributed by atoms with E-state index in [0.717, 1.165) is 11.4 Å². The molecular formula is C17H17ClN2OS. The summed E-state index contributed by atoms with van der Waals surface area (Å²) in [5.74, 6) is 0.619. The fourth-order valence-electron chi connectivity index (χ4n) is 1.68. The van der Waals surface area contributed by atoms with Gasteiger partial charge in [0, 0.05) is 18.0 Å². The van der Waals surface area contributed by atoms with Crippen LogP contribution in [-0.2, 0) is 0 Å². The van der Waals surface area contributed by atoms with E-state index in [-0.39, 0.29) is 0 Å². The molecule has 0 saturated carbocycles. The van der Waals surface area contributed by atoms with Crippen molar-refractivity contribution in [3.63, 3.8) is 0 Å². The van der Waals surface area contributed by atoms with Gasteiger partial charge in [0.15, 0.2) is 0 Å². The van der Waals surface area contributed by atoms with E-state index in [1.807, 2.05) is 50.3 Å². The second-order valence-electron chi connectivity index (χ2n) is 4.91. The molecule has 0 amide bonds. The fraction of sp³-hybridized carbons (Fsp3) is 0.176. The Morgan fingerprint density at radius 1 is 1.32 bits per heavy atom. The number of halogens is 1. The number of benzene rings is 1. The van der Waals surface area contributed by atoms with Crippen molar-refractivity contribution in [2.24, 2.45) is 0 Å². The minimum Gasteiger partial charge on any atom is -0.488 e. The number of ether oxygens (including phenoxy) is 1. The lowest BCUT2D eigenvalue weighted by molar-refractivity contribution is 0.362. The van der Waals surface area contributed by atoms with Gasteiger partial charge in [-0.1, -0.05) is 35.5 Å². The van der Waals surface area contributed by atoms with Gasteiger partial charge < -0.3 is 10.1 Å². The Morgan fingerprint density at radius 3 is 2.82 bits per heavy atom. The second kappa shape index (κ2) is 7.92. The van der Waals surface area contributed by atoms with Gasteiger partial charge in [0.05, 0.1) is 10.7 Å². The standard InChI is InChI=1S/C17H17ClN2OS/c1-12(2)8-10-21-16-11-13(6-7-14(16)18)20-17(22)15-5-3-4-9-19-15/h3-9,11H,10H2,1-2H3,(H,20,22). The van der Waals surface area contributed by atoms with Gasteiger partial charge in [0.2, 0.25) is 0 Å². The summed E-state index contributed by atoms with van der Waals surface area (Å²) in [5, 5.41) is 3.71. The summed E-state index contributed by atoms with van der Waals surface area (Å²) in [7, 11) is 0. The van der Waals surface area contributed by atoms with Crippen LogP contribution in [0.25, 0.3) is 0 Å². The highest BCUT2D eigenvalue weighted by Crippen LogP contribution is 2.28. The van der Waals surface area contributed by atoms with Crippen LogP contribution in [0.3, 0.4) is 0 Å². The highest BCUT2D eigenvalue weighted by Gasteiger charge is 2.06. The van der Waals surface area contributed by atoms with E-state index in [9.17, 15) is 0 Å². The Morgan fingerprint density at radius 2 is 2.14 bits per heavy atom. The molecule has 0 spiro atoms. The first kappa shape index (κ1) is 16.5. The highest BCUT2D eigenvalue weighted by molar-refractivity contribution is 7.81. The average Bonchev–Trinajstić information content (AvgIpc) is 2.51. The lowest BCUT2D eigenvalue weighted by Gasteiger charge is -2.11. The molecule has 1 heterocycles. The summed E-state index contributed by atoms with van der Waals surface area (Å²) in [6.07, 6.45) is 3.70. The molecule has 0 fully saturated rings. The first-order valence-corrected chi connectivity index (χ1v) is 7.63. The molecule has 1 N–H and O–H groups in total. The van der Waals surface area contributed by atoms with E-state index in [2.05, 4.69) is 10.3 Å². The minimum atomic E-state index is 0.482. The van der Waals surface area contributed by atoms with Crippen molar-refractivity contribution in [3.05, 3.63) is 65.0 Å². The number of pyridine rings is 1. The predicted molar refractivity (Wildman–Crippen MR) is 95.9 cm³/mol. The van der Waals surface area contributed by atoms with Crippen LogP contribution in [0, 0.1) is 0 Å². The molecule has 2 aromatic rings. The molecule has 0 unspecified atom stereocenters. The highest BCUT2D eigenvalue weighted by atomic mass is 35.5. The Balaban J connectivity index is 2.09. The molecule has 3 nitrogen and oxygen atoms in total. The Bertz CT molecular complexity index is 682. The van der Waals surface area contributed by atoms with Gasteiger partial charge in [0.1, 0.15) is 17.3 Å². The van der Waals surface area contributed by atoms with Crippen molar-refractivity contribution in [1.82, 2.24) is 4.98 Å². The third-order valence-electron chi connectivity index (χ3n) is 2.82. The Kier molecular flexibility index (Phi) is 5.92. The van der Waals surface area contributed by atoms with Crippen molar-refractivity contribution in [2.75, 3.05) is 11.9 Å². The zero-order chi connectivity index (χ0) is 15.9. The third kappa shape index (κ3) is 4.83. The molecule has 22 heavy (non-hydrogen) atoms. The van der Waals surface area contributed by atoms with E-state index >= 15 is 0 Å². The Labute approximate surface area is 141 Å². The third-order valence-corrected chi connectivity index (χ3v) is 3.44. The number of aromatic nitrogens is 1. The van der Waals surface area contributed by atoms with Crippen LogP contribution in [0.2, 0.25) is 5.02 Å². The van der Waals surface area contributed by atoms with E-state index in [1.54, 1.807) is 12.3 Å². The second-order valence-corrected chi connectivity index (χ2v) is 5.72. The topological polar surface area (TPSA) is 34.1 Å². The zero-order valence-electron chi connectivity index (χ0n) is 12.5. The molecule has 2 rings (SSSR count). The number of rotatable bonds is 5. The van der Waals surface area contributed by atoms with Crippen LogP contribution >= 0.6 is 23.8 Å². The fourth-order valence-corrected chi connectivity index (χ4v) is 2.09. The molecule has 1 aromatic carbocycles. The monoisotopic (exact) mass is 332 g/mol. The normalized spacial score (nSPS) is 9.95. The van der Waals surface area contributed by atoms with Crippen LogP contribution in [-0.4, -0.2) is 16.6 Å². The van der Waals surface area contributed by atoms with Gasteiger partial charge in [0.25, 0.3) is 0 Å². The summed E-state index contributed by atoms with van der Waals surface area (Å²) < 4.78 is 5.67. The summed E-state index contributed by atoms with van der Waals surface area (Å²) >= 11 is 11.5. The van der Waals surface area contributed by atoms with Gasteiger partial charge in [-0.15, -0.1) is 0 Å². The molecule has 0 aliphatic carbocycles. The van der Waals surface area contributed by atoms with Crippen molar-refractivity contribution in [1.29, 1.82) is 0 Å². The van der Waals surface area contributed by atoms with Crippen LogP contribution in [0.1, 0.15) is 19.5 Å². The van der Waals surface area contributed by atoms with Crippen molar-refractivity contribution in [3.8, 4) is 5.75 Å². The van der Waals surface area contributed by atoms with E-state index in [0.29, 0.717) is 22.4 Å². The summed E-state index contributed by atoms with van der Waals surface area (Å²) in [4.78, 5) is 4.77. The van der Waals surface area contributed by atoms with Crippen molar-refractivity contribution in [2.45, 2.75) is 13.8 Å². The Hall–Kier alpha value is -1.91. The first-order valence-electron chi connectivity index (χ1n) is 6.84. The molecule has 0 aliphatic heterocycles. The van der Waals surface area contributed by atoms with Crippen LogP contribution < -0.4 is 10.1 Å². The maximum absolute atomic E-state index is 6.15. The minimum absolute atomic E-state index is 0.482. The average molecular weight is 333 g/mol. The lowest BCUT2D eigenvalue weighted by Crippen LogP contribution is -2.12. The SMILES string of the molecule is CC(C)=CCOc1cc(NC(=S)c2ccccn2)ccc1Cl. The molecule has 0 radical (unpaired) electrons. The van der Waals surface area contributed by atoms with Gasteiger partial charge in [-0.3, -0.25) is 4.98 Å². The summed E-state index contributed by atoms with van der Waals surface area (Å²) in [6, 6.07) is 11.1. The summed E-state index contributed by atoms with van der Waals surface area (Å²) in [5.41, 5.74) is 2.73. The van der Waals surface area contributed by atoms with Gasteiger partial charge in [-0.25, -0.2) is 0 Å². The van der Waals surface area contributed by atoms with E-state index in [4.69, 9.17) is 28.6 Å². The summed E-state index contributed by atoms with van der Waals surface area (Å²) in [6.45, 7) is 4.53. The molecule has 0 aliphatic rings. The van der Waals surface area contributed by atoms with Gasteiger partial charge in [-0.2, -0.15) is 0 Å². The number of nitrogens with zero attached hydrogens (tertiary/aromatic N) is 1. The largest absolute Gasteiger partial charge is 0.488 e. The lowest BCUT2D eigenvalue weighted by atomic mass is 10.2. The van der Waals surface area contributed by atoms with Crippen LogP contribution in [0.15, 0.2) is 54.2 Å². The number of anilines is 1. The number of hydrogen-bond donors (Lipinski definition) is 1. The van der Waals surface area contributed by atoms with Crippen molar-refractivity contribution >= 4 is 34.5 Å². The maximum atomic E-state index is 6.15. The molecular weight excluding hydrogens is 316 g/mol. The van der Waals surface area contributed by atoms with Gasteiger partial charge in [-0.05, 0) is 44.2 Å². The molecule has 5 heteroatoms. The van der Waals surface area contributed by atoms with E-state index < -0.39 is 0 Å². The maximum Gasteiger partial charge on any atom is 0.140 e. The quantitative estimate of drug-likeness (QED) is 0.626. The van der Waals surface area contributed by atoms with Crippen molar-refractivity contribution < 1.29 is 4.74 Å². The molecule has 1 aromatic heterocycles. The molecule has 0 saturated heterocycles. The number of allylic oxidation sites excluding steroid dienone is 1. The smallest absolute Gasteiger partial charge is 0.140 e. The van der Waals surface area contributed by atoms with Crippen LogP contribution in [0.5, 0.6) is 5.75 Å². The predicted octanol–water partition coefficient (Wildman–Crippen LogP) is 4.87. The number of thiocarbonyl (C=S) groups is 1. The molecule has 114 valence electrons. The first-order chi connectivity index (χ1) is 10.6. The molecule has 0 atom stereocenters. The zero-order valence-corrected chi connectivity index (χ0v) is 14.0. The van der Waals surface area contributed by atoms with E-state index in [1.165, 1.54) is 5.57 Å².